The molecule has 2 heteroatoms. The highest BCUT2D eigenvalue weighted by Crippen LogP contribution is 2.32. The zero-order chi connectivity index (χ0) is 5.91. The maximum Gasteiger partial charge on any atom is -0.0143 e. The van der Waals surface area contributed by atoms with Crippen molar-refractivity contribution < 1.29 is 0 Å². The van der Waals surface area contributed by atoms with Crippen LogP contribution in [0.25, 0.3) is 0 Å². The predicted molar refractivity (Wildman–Crippen MR) is 38.8 cm³/mol. The molecule has 2 N–H and O–H groups in total. The van der Waals surface area contributed by atoms with Crippen molar-refractivity contribution in [3.8, 4) is 0 Å². The zero-order valence-electron chi connectivity index (χ0n) is 5.40. The zero-order valence-corrected chi connectivity index (χ0v) is 6.22. The van der Waals surface area contributed by atoms with E-state index in [-0.39, 0.29) is 0 Å². The Morgan fingerprint density at radius 2 is 1.57 bits per heavy atom. The van der Waals surface area contributed by atoms with E-state index >= 15 is 0 Å². The fourth-order valence-corrected chi connectivity index (χ4v) is 0.612. The van der Waals surface area contributed by atoms with E-state index in [0.717, 1.165) is 11.5 Å². The van der Waals surface area contributed by atoms with Gasteiger partial charge in [-0.05, 0) is 17.8 Å². The second kappa shape index (κ2) is 2.58. The van der Waals surface area contributed by atoms with Crippen LogP contribution in [0.15, 0.2) is 0 Å². The van der Waals surface area contributed by atoms with Crippen molar-refractivity contribution in [2.45, 2.75) is 13.8 Å². The Morgan fingerprint density at radius 3 is 1.57 bits per heavy atom. The van der Waals surface area contributed by atoms with Crippen LogP contribution in [0.2, 0.25) is 0 Å². The largest absolute Gasteiger partial charge is 0.294 e. The van der Waals surface area contributed by atoms with Crippen molar-refractivity contribution in [2.24, 2.45) is 5.14 Å². The van der Waals surface area contributed by atoms with E-state index in [0.29, 0.717) is 0 Å². The average Bonchev–Trinajstić information content (AvgIpc) is 1.68. The summed E-state index contributed by atoms with van der Waals surface area (Å²) in [5.74, 6) is 2.31. The maximum atomic E-state index is 5.80. The number of rotatable bonds is 2. The SMILES string of the molecule is CCS(C)(N)CC. The van der Waals surface area contributed by atoms with Crippen molar-refractivity contribution in [1.29, 1.82) is 0 Å². The molecular weight excluding hydrogens is 106 g/mol. The van der Waals surface area contributed by atoms with Crippen LogP contribution in [-0.4, -0.2) is 17.8 Å². The lowest BCUT2D eigenvalue weighted by atomic mass is 11.0. The lowest BCUT2D eigenvalue weighted by molar-refractivity contribution is 1.39. The first kappa shape index (κ1) is 7.31. The molecule has 0 heterocycles. The van der Waals surface area contributed by atoms with Gasteiger partial charge in [-0.2, -0.15) is 10.2 Å². The molecule has 0 fully saturated rings. The molecule has 0 saturated carbocycles. The summed E-state index contributed by atoms with van der Waals surface area (Å²) in [4.78, 5) is 0. The van der Waals surface area contributed by atoms with Crippen LogP contribution in [0.5, 0.6) is 0 Å². The monoisotopic (exact) mass is 121 g/mol. The minimum absolute atomic E-state index is 0.657. The van der Waals surface area contributed by atoms with Gasteiger partial charge in [0.05, 0.1) is 0 Å². The Labute approximate surface area is 47.7 Å². The summed E-state index contributed by atoms with van der Waals surface area (Å²) in [6.45, 7) is 4.30. The summed E-state index contributed by atoms with van der Waals surface area (Å²) in [6.07, 6.45) is 2.16. The molecule has 0 aliphatic carbocycles. The molecule has 0 saturated heterocycles. The van der Waals surface area contributed by atoms with Crippen LogP contribution < -0.4 is 5.14 Å². The average molecular weight is 121 g/mol. The number of hydrogen-bond acceptors (Lipinski definition) is 1. The van der Waals surface area contributed by atoms with Gasteiger partial charge in [0.2, 0.25) is 0 Å². The highest BCUT2D eigenvalue weighted by atomic mass is 32.3. The predicted octanol–water partition coefficient (Wildman–Crippen LogP) is 1.33. The van der Waals surface area contributed by atoms with E-state index in [1.54, 1.807) is 0 Å². The van der Waals surface area contributed by atoms with E-state index in [1.807, 2.05) is 0 Å². The molecule has 0 spiro atoms. The van der Waals surface area contributed by atoms with Crippen molar-refractivity contribution in [3.05, 3.63) is 0 Å². The number of hydrogen-bond donors (Lipinski definition) is 1. The van der Waals surface area contributed by atoms with E-state index in [1.165, 1.54) is 0 Å². The van der Waals surface area contributed by atoms with Crippen molar-refractivity contribution in [3.63, 3.8) is 0 Å². The Balaban J connectivity index is 3.36. The minimum Gasteiger partial charge on any atom is -0.294 e. The van der Waals surface area contributed by atoms with Gasteiger partial charge in [0.15, 0.2) is 0 Å². The molecule has 0 aromatic carbocycles. The smallest absolute Gasteiger partial charge is 0.0143 e. The highest BCUT2D eigenvalue weighted by molar-refractivity contribution is 8.31. The molecule has 0 radical (unpaired) electrons. The summed E-state index contributed by atoms with van der Waals surface area (Å²) in [5.41, 5.74) is 0. The normalized spacial score (nSPS) is 14.3. The quantitative estimate of drug-likeness (QED) is 0.586. The van der Waals surface area contributed by atoms with E-state index in [9.17, 15) is 0 Å². The van der Waals surface area contributed by atoms with Gasteiger partial charge in [0.25, 0.3) is 0 Å². The summed E-state index contributed by atoms with van der Waals surface area (Å²) in [5, 5.41) is 5.80. The first-order valence-corrected chi connectivity index (χ1v) is 5.08. The van der Waals surface area contributed by atoms with Gasteiger partial charge in [0, 0.05) is 0 Å². The molecule has 0 unspecified atom stereocenters. The molecule has 0 bridgehead atoms. The summed E-state index contributed by atoms with van der Waals surface area (Å²) in [6, 6.07) is 0. The van der Waals surface area contributed by atoms with E-state index < -0.39 is 10.2 Å². The first-order valence-electron chi connectivity index (χ1n) is 2.64. The molecule has 7 heavy (non-hydrogen) atoms. The van der Waals surface area contributed by atoms with Gasteiger partial charge in [-0.25, -0.2) is 0 Å². The van der Waals surface area contributed by atoms with Gasteiger partial charge in [-0.15, -0.1) is 0 Å². The minimum atomic E-state index is -0.657. The molecule has 0 rings (SSSR count). The third-order valence-electron chi connectivity index (χ3n) is 1.32. The van der Waals surface area contributed by atoms with Crippen molar-refractivity contribution >= 4 is 10.2 Å². The molecular formula is C5H15NS. The Bertz CT molecular complexity index is 46.0. The van der Waals surface area contributed by atoms with Gasteiger partial charge in [-0.1, -0.05) is 13.8 Å². The fraction of sp³-hybridized carbons (Fsp3) is 1.00. The summed E-state index contributed by atoms with van der Waals surface area (Å²) < 4.78 is 0. The van der Waals surface area contributed by atoms with E-state index in [2.05, 4.69) is 20.1 Å². The van der Waals surface area contributed by atoms with Gasteiger partial charge >= 0.3 is 0 Å². The van der Waals surface area contributed by atoms with Gasteiger partial charge < -0.3 is 0 Å². The molecule has 0 amide bonds. The van der Waals surface area contributed by atoms with Crippen molar-refractivity contribution in [2.75, 3.05) is 17.8 Å². The summed E-state index contributed by atoms with van der Waals surface area (Å²) >= 11 is 0. The molecule has 0 aliphatic heterocycles. The molecule has 0 aromatic heterocycles. The van der Waals surface area contributed by atoms with Gasteiger partial charge in [-0.3, -0.25) is 5.14 Å². The lowest BCUT2D eigenvalue weighted by Gasteiger charge is -2.26. The van der Waals surface area contributed by atoms with Crippen LogP contribution in [0.1, 0.15) is 13.8 Å². The molecule has 0 aromatic rings. The maximum absolute atomic E-state index is 5.80. The van der Waals surface area contributed by atoms with Crippen LogP contribution in [0.3, 0.4) is 0 Å². The van der Waals surface area contributed by atoms with Crippen LogP contribution in [0.4, 0.5) is 0 Å². The molecule has 0 aliphatic rings. The first-order chi connectivity index (χ1) is 3.12. The van der Waals surface area contributed by atoms with Crippen molar-refractivity contribution in [1.82, 2.24) is 0 Å². The molecule has 46 valence electrons. The third kappa shape index (κ3) is 2.94. The summed E-state index contributed by atoms with van der Waals surface area (Å²) in [7, 11) is -0.657. The van der Waals surface area contributed by atoms with Crippen LogP contribution >= 0.6 is 10.2 Å². The topological polar surface area (TPSA) is 26.0 Å². The second-order valence-electron chi connectivity index (χ2n) is 1.93. The van der Waals surface area contributed by atoms with Crippen LogP contribution in [-0.2, 0) is 0 Å². The Morgan fingerprint density at radius 1 is 1.29 bits per heavy atom. The number of nitrogens with two attached hydrogens (primary N) is 1. The molecule has 0 atom stereocenters. The lowest BCUT2D eigenvalue weighted by Crippen LogP contribution is -2.12. The Hall–Kier alpha value is 0.310. The van der Waals surface area contributed by atoms with Crippen LogP contribution in [0, 0.1) is 0 Å². The highest BCUT2D eigenvalue weighted by Gasteiger charge is 2.02. The second-order valence-corrected chi connectivity index (χ2v) is 5.78. The third-order valence-corrected chi connectivity index (χ3v) is 3.96. The fourth-order valence-electron chi connectivity index (χ4n) is 0.204. The molecule has 1 nitrogen and oxygen atoms in total. The van der Waals surface area contributed by atoms with Gasteiger partial charge in [0.1, 0.15) is 0 Å². The standard InChI is InChI=1S/C5H15NS/c1-4-7(3,6)5-2/h4-6H2,1-3H3. The van der Waals surface area contributed by atoms with E-state index in [4.69, 9.17) is 5.14 Å². The Kier molecular flexibility index (Phi) is 2.69.